The van der Waals surface area contributed by atoms with Crippen molar-refractivity contribution < 1.29 is 19.1 Å². The Morgan fingerprint density at radius 3 is 2.25 bits per heavy atom. The van der Waals surface area contributed by atoms with Gasteiger partial charge in [-0.15, -0.1) is 0 Å². The molecule has 0 unspecified atom stereocenters. The van der Waals surface area contributed by atoms with E-state index in [4.69, 9.17) is 9.47 Å². The Morgan fingerprint density at radius 1 is 0.917 bits per heavy atom. The number of benzene rings is 3. The third kappa shape index (κ3) is 6.30. The van der Waals surface area contributed by atoms with E-state index in [1.165, 1.54) is 22.3 Å². The molecule has 0 spiro atoms. The quantitative estimate of drug-likeness (QED) is 0.159. The number of nitrogens with one attached hydrogen (secondary N) is 2. The molecule has 3 aromatic rings. The lowest BCUT2D eigenvalue weighted by Crippen LogP contribution is -2.27. The van der Waals surface area contributed by atoms with Crippen LogP contribution < -0.4 is 15.5 Å². The Labute approximate surface area is 211 Å². The first-order chi connectivity index (χ1) is 17.7. The highest BCUT2D eigenvalue weighted by atomic mass is 16.5. The zero-order chi connectivity index (χ0) is 25.2. The maximum absolute atomic E-state index is 12.2. The van der Waals surface area contributed by atoms with E-state index in [0.29, 0.717) is 26.2 Å². The molecule has 1 aliphatic rings. The van der Waals surface area contributed by atoms with Crippen LogP contribution >= 0.6 is 0 Å². The number of hydrogen-bond donors (Lipinski definition) is 2. The van der Waals surface area contributed by atoms with Crippen molar-refractivity contribution in [2.45, 2.75) is 32.1 Å². The number of carbonyl (C=O) groups excluding carboxylic acids is 2. The zero-order valence-electron chi connectivity index (χ0n) is 20.4. The molecule has 2 amide bonds. The van der Waals surface area contributed by atoms with Crippen molar-refractivity contribution in [1.29, 1.82) is 0 Å². The number of alkyl carbamates (subject to hydrolysis) is 1. The van der Waals surface area contributed by atoms with E-state index < -0.39 is 0 Å². The lowest BCUT2D eigenvalue weighted by atomic mass is 9.98. The first kappa shape index (κ1) is 25.0. The minimum atomic E-state index is -0.379. The van der Waals surface area contributed by atoms with Gasteiger partial charge < -0.3 is 14.8 Å². The van der Waals surface area contributed by atoms with E-state index in [0.717, 1.165) is 36.3 Å². The molecule has 0 saturated heterocycles. The Hall–Kier alpha value is -4.13. The van der Waals surface area contributed by atoms with Crippen LogP contribution in [0.3, 0.4) is 0 Å². The maximum atomic E-state index is 12.2. The summed E-state index contributed by atoms with van der Waals surface area (Å²) in [6.07, 6.45) is 2.83. The molecule has 0 aromatic heterocycles. The zero-order valence-corrected chi connectivity index (χ0v) is 20.4. The first-order valence-corrected chi connectivity index (χ1v) is 12.2. The molecule has 0 bridgehead atoms. The van der Waals surface area contributed by atoms with Gasteiger partial charge in [-0.3, -0.25) is 4.79 Å². The van der Waals surface area contributed by atoms with Crippen LogP contribution in [-0.4, -0.2) is 38.0 Å². The van der Waals surface area contributed by atoms with Crippen LogP contribution in [-0.2, 0) is 9.53 Å². The average Bonchev–Trinajstić information content (AvgIpc) is 3.24. The van der Waals surface area contributed by atoms with Gasteiger partial charge in [0, 0.05) is 12.5 Å². The second kappa shape index (κ2) is 12.5. The molecule has 36 heavy (non-hydrogen) atoms. The number of rotatable bonds is 12. The largest absolute Gasteiger partial charge is 0.494 e. The minimum absolute atomic E-state index is 0.0681. The van der Waals surface area contributed by atoms with Crippen LogP contribution in [0.15, 0.2) is 77.9 Å². The predicted molar refractivity (Wildman–Crippen MR) is 140 cm³/mol. The molecule has 2 N–H and O–H groups in total. The van der Waals surface area contributed by atoms with E-state index >= 15 is 0 Å². The fourth-order valence-corrected chi connectivity index (χ4v) is 4.41. The smallest absolute Gasteiger partial charge is 0.407 e. The van der Waals surface area contributed by atoms with E-state index in [2.05, 4.69) is 40.1 Å². The van der Waals surface area contributed by atoms with Crippen LogP contribution in [0, 0.1) is 0 Å². The van der Waals surface area contributed by atoms with Crippen molar-refractivity contribution in [3.8, 4) is 16.9 Å². The van der Waals surface area contributed by atoms with E-state index in [1.807, 2.05) is 55.5 Å². The van der Waals surface area contributed by atoms with Crippen LogP contribution in [0.2, 0.25) is 0 Å². The fraction of sp³-hybridized carbons (Fsp3) is 0.276. The number of amides is 2. The summed E-state index contributed by atoms with van der Waals surface area (Å²) in [6, 6.07) is 24.2. The molecule has 0 aliphatic heterocycles. The summed E-state index contributed by atoms with van der Waals surface area (Å²) in [4.78, 5) is 22.6. The van der Waals surface area contributed by atoms with Gasteiger partial charge in [-0.25, -0.2) is 10.2 Å². The van der Waals surface area contributed by atoms with Gasteiger partial charge in [0.2, 0.25) is 6.41 Å². The number of nitrogens with zero attached hydrogens (tertiary/aromatic N) is 1. The summed E-state index contributed by atoms with van der Waals surface area (Å²) in [5.41, 5.74) is 8.78. The molecule has 0 heterocycles. The molecule has 0 fully saturated rings. The summed E-state index contributed by atoms with van der Waals surface area (Å²) in [7, 11) is 0. The predicted octanol–water partition coefficient (Wildman–Crippen LogP) is 5.24. The molecule has 3 aromatic carbocycles. The molecule has 4 rings (SSSR count). The third-order valence-corrected chi connectivity index (χ3v) is 6.26. The van der Waals surface area contributed by atoms with Crippen LogP contribution in [0.4, 0.5) is 4.79 Å². The lowest BCUT2D eigenvalue weighted by Gasteiger charge is -2.14. The second-order valence-electron chi connectivity index (χ2n) is 8.63. The topological polar surface area (TPSA) is 89.0 Å². The van der Waals surface area contributed by atoms with Gasteiger partial charge in [0.15, 0.2) is 0 Å². The van der Waals surface area contributed by atoms with Crippen LogP contribution in [0.5, 0.6) is 5.75 Å². The molecule has 186 valence electrons. The fourth-order valence-electron chi connectivity index (χ4n) is 4.41. The van der Waals surface area contributed by atoms with E-state index in [9.17, 15) is 9.59 Å². The van der Waals surface area contributed by atoms with Crippen molar-refractivity contribution in [3.05, 3.63) is 89.5 Å². The van der Waals surface area contributed by atoms with Crippen LogP contribution in [0.1, 0.15) is 48.8 Å². The van der Waals surface area contributed by atoms with Gasteiger partial charge in [-0.1, -0.05) is 48.5 Å². The van der Waals surface area contributed by atoms with Gasteiger partial charge in [0.1, 0.15) is 12.4 Å². The average molecular weight is 486 g/mol. The highest BCUT2D eigenvalue weighted by molar-refractivity contribution is 5.98. The summed E-state index contributed by atoms with van der Waals surface area (Å²) >= 11 is 0. The van der Waals surface area contributed by atoms with Crippen molar-refractivity contribution in [3.63, 3.8) is 0 Å². The molecule has 0 saturated carbocycles. The number of carbonyl (C=O) groups is 2. The SMILES string of the molecule is C/C(=N\NC=O)c1ccc(OCCCCCNC(=O)OCC2c3ccccc3-c3ccccc32)cc1. The molecule has 7 nitrogen and oxygen atoms in total. The van der Waals surface area contributed by atoms with E-state index in [-0.39, 0.29) is 12.0 Å². The van der Waals surface area contributed by atoms with E-state index in [1.54, 1.807) is 0 Å². The first-order valence-electron chi connectivity index (χ1n) is 12.2. The monoisotopic (exact) mass is 485 g/mol. The normalized spacial score (nSPS) is 12.4. The van der Waals surface area contributed by atoms with Gasteiger partial charge in [0.05, 0.1) is 12.3 Å². The molecule has 1 aliphatic carbocycles. The molecular formula is C29H31N3O4. The minimum Gasteiger partial charge on any atom is -0.494 e. The highest BCUT2D eigenvalue weighted by Gasteiger charge is 2.28. The lowest BCUT2D eigenvalue weighted by molar-refractivity contribution is -0.109. The van der Waals surface area contributed by atoms with Crippen molar-refractivity contribution in [2.75, 3.05) is 19.8 Å². The maximum Gasteiger partial charge on any atom is 0.407 e. The van der Waals surface area contributed by atoms with Crippen LogP contribution in [0.25, 0.3) is 11.1 Å². The molecular weight excluding hydrogens is 454 g/mol. The molecule has 7 heteroatoms. The highest BCUT2D eigenvalue weighted by Crippen LogP contribution is 2.44. The summed E-state index contributed by atoms with van der Waals surface area (Å²) in [5, 5.41) is 6.78. The number of hydrazone groups is 1. The molecule has 0 radical (unpaired) electrons. The van der Waals surface area contributed by atoms with Gasteiger partial charge >= 0.3 is 6.09 Å². The Bertz CT molecular complexity index is 1160. The number of unbranched alkanes of at least 4 members (excludes halogenated alkanes) is 2. The Morgan fingerprint density at radius 2 is 1.58 bits per heavy atom. The summed E-state index contributed by atoms with van der Waals surface area (Å²) < 4.78 is 11.3. The van der Waals surface area contributed by atoms with Gasteiger partial charge in [0.25, 0.3) is 0 Å². The number of fused-ring (bicyclic) bond motifs is 3. The third-order valence-electron chi connectivity index (χ3n) is 6.26. The Balaban J connectivity index is 1.11. The number of hydrogen-bond acceptors (Lipinski definition) is 5. The van der Waals surface area contributed by atoms with Gasteiger partial charge in [-0.2, -0.15) is 5.10 Å². The van der Waals surface area contributed by atoms with Crippen molar-refractivity contribution in [2.24, 2.45) is 5.10 Å². The summed E-state index contributed by atoms with van der Waals surface area (Å²) in [5.74, 6) is 0.852. The Kier molecular flexibility index (Phi) is 8.70. The molecule has 0 atom stereocenters. The standard InChI is InChI=1S/C29H31N3O4/c1-21(32-31-20-33)22-13-15-23(16-14-22)35-18-8-2-7-17-30-29(34)36-19-28-26-11-5-3-9-24(26)25-10-4-6-12-27(25)28/h3-6,9-16,20,28H,2,7-8,17-19H2,1H3,(H,30,34)(H,31,33)/b32-21+. The van der Waals surface area contributed by atoms with Crippen molar-refractivity contribution >= 4 is 18.2 Å². The van der Waals surface area contributed by atoms with Crippen molar-refractivity contribution in [1.82, 2.24) is 10.7 Å². The number of ether oxygens (including phenoxy) is 2. The second-order valence-corrected chi connectivity index (χ2v) is 8.63. The van der Waals surface area contributed by atoms with Gasteiger partial charge in [-0.05, 0) is 78.3 Å². The summed E-state index contributed by atoms with van der Waals surface area (Å²) in [6.45, 7) is 3.32.